The summed E-state index contributed by atoms with van der Waals surface area (Å²) in [5.74, 6) is -0.224. The number of hydrogen-bond donors (Lipinski definition) is 2. The Balaban J connectivity index is 1.68. The van der Waals surface area contributed by atoms with Gasteiger partial charge in [0, 0.05) is 46.9 Å². The van der Waals surface area contributed by atoms with Crippen LogP contribution in [0, 0.1) is 0 Å². The Bertz CT molecular complexity index is 1170. The minimum atomic E-state index is -0.993. The van der Waals surface area contributed by atoms with E-state index in [9.17, 15) is 14.7 Å². The van der Waals surface area contributed by atoms with Crippen molar-refractivity contribution in [2.75, 3.05) is 31.2 Å². The number of ketones is 1. The van der Waals surface area contributed by atoms with Crippen molar-refractivity contribution < 1.29 is 19.4 Å². The van der Waals surface area contributed by atoms with E-state index in [0.29, 0.717) is 29.9 Å². The maximum atomic E-state index is 13.4. The van der Waals surface area contributed by atoms with Crippen LogP contribution in [-0.4, -0.2) is 53.1 Å². The number of nitrogens with one attached hydrogen (secondary N) is 1. The number of carboxylic acids is 1. The Morgan fingerprint density at radius 3 is 2.72 bits per heavy atom. The molecule has 0 amide bonds. The highest BCUT2D eigenvalue weighted by molar-refractivity contribution is 6.20. The van der Waals surface area contributed by atoms with E-state index in [2.05, 4.69) is 28.7 Å². The number of pyridine rings is 1. The molecule has 29 heavy (non-hydrogen) atoms. The van der Waals surface area contributed by atoms with Gasteiger partial charge in [0.1, 0.15) is 5.82 Å². The number of aromatic nitrogens is 2. The van der Waals surface area contributed by atoms with E-state index >= 15 is 0 Å². The van der Waals surface area contributed by atoms with Gasteiger partial charge in [-0.3, -0.25) is 4.79 Å². The molecule has 3 heterocycles. The lowest BCUT2D eigenvalue weighted by Crippen LogP contribution is -2.37. The lowest BCUT2D eigenvalue weighted by Gasteiger charge is -2.34. The SMILES string of the molecule is CC1(C)c2cc(N3CCOCC3)ncc2C(=O)c2c1[nH]c1cc(C(=O)O)ccc21. The maximum absolute atomic E-state index is 13.4. The summed E-state index contributed by atoms with van der Waals surface area (Å²) in [4.78, 5) is 34.8. The quantitative estimate of drug-likeness (QED) is 0.697. The fraction of sp³-hybridized carbons (Fsp3) is 0.318. The van der Waals surface area contributed by atoms with Crippen molar-refractivity contribution in [3.63, 3.8) is 0 Å². The first-order chi connectivity index (χ1) is 13.9. The molecule has 1 fully saturated rings. The van der Waals surface area contributed by atoms with Gasteiger partial charge in [0.15, 0.2) is 5.78 Å². The predicted molar refractivity (Wildman–Crippen MR) is 108 cm³/mol. The molecular formula is C22H21N3O4. The van der Waals surface area contributed by atoms with Crippen molar-refractivity contribution in [2.24, 2.45) is 0 Å². The molecule has 1 aliphatic heterocycles. The summed E-state index contributed by atoms with van der Waals surface area (Å²) >= 11 is 0. The average molecular weight is 391 g/mol. The van der Waals surface area contributed by atoms with Crippen molar-refractivity contribution >= 4 is 28.5 Å². The zero-order valence-corrected chi connectivity index (χ0v) is 16.3. The van der Waals surface area contributed by atoms with Gasteiger partial charge < -0.3 is 19.7 Å². The fourth-order valence-electron chi connectivity index (χ4n) is 4.41. The third-order valence-corrected chi connectivity index (χ3v) is 6.04. The summed E-state index contributed by atoms with van der Waals surface area (Å²) in [5.41, 5.74) is 3.34. The lowest BCUT2D eigenvalue weighted by molar-refractivity contribution is 0.0697. The van der Waals surface area contributed by atoms with Gasteiger partial charge in [0.2, 0.25) is 0 Å². The molecule has 0 bridgehead atoms. The van der Waals surface area contributed by atoms with Crippen LogP contribution in [0.5, 0.6) is 0 Å². The maximum Gasteiger partial charge on any atom is 0.335 e. The molecule has 1 aliphatic carbocycles. The number of fused-ring (bicyclic) bond motifs is 4. The Labute approximate surface area is 167 Å². The van der Waals surface area contributed by atoms with Gasteiger partial charge in [-0.1, -0.05) is 19.9 Å². The second kappa shape index (κ2) is 6.15. The van der Waals surface area contributed by atoms with Gasteiger partial charge in [-0.2, -0.15) is 0 Å². The average Bonchev–Trinajstić information content (AvgIpc) is 3.12. The van der Waals surface area contributed by atoms with Crippen LogP contribution in [0.1, 0.15) is 51.4 Å². The number of H-pyrrole nitrogens is 1. The zero-order valence-electron chi connectivity index (χ0n) is 16.3. The second-order valence-electron chi connectivity index (χ2n) is 8.08. The van der Waals surface area contributed by atoms with Crippen LogP contribution >= 0.6 is 0 Å². The molecule has 0 spiro atoms. The lowest BCUT2D eigenvalue weighted by atomic mass is 9.72. The highest BCUT2D eigenvalue weighted by atomic mass is 16.5. The molecule has 1 saturated heterocycles. The minimum Gasteiger partial charge on any atom is -0.478 e. The second-order valence-corrected chi connectivity index (χ2v) is 8.08. The highest BCUT2D eigenvalue weighted by Crippen LogP contribution is 2.44. The standard InChI is InChI=1S/C22H21N3O4/c1-22(2)15-10-17(25-5-7-29-8-6-25)23-11-14(15)19(26)18-13-4-3-12(21(27)28)9-16(13)24-20(18)22/h3-4,9-11,24H,5-8H2,1-2H3,(H,27,28). The van der Waals surface area contributed by atoms with E-state index < -0.39 is 11.4 Å². The number of morpholine rings is 1. The topological polar surface area (TPSA) is 95.5 Å². The van der Waals surface area contributed by atoms with E-state index in [-0.39, 0.29) is 11.3 Å². The van der Waals surface area contributed by atoms with Crippen LogP contribution in [0.15, 0.2) is 30.5 Å². The molecule has 0 saturated carbocycles. The minimum absolute atomic E-state index is 0.0790. The summed E-state index contributed by atoms with van der Waals surface area (Å²) in [5, 5.41) is 10.0. The van der Waals surface area contributed by atoms with E-state index in [0.717, 1.165) is 35.6 Å². The first-order valence-corrected chi connectivity index (χ1v) is 9.65. The Hall–Kier alpha value is -3.19. The molecule has 2 aliphatic rings. The molecule has 0 atom stereocenters. The van der Waals surface area contributed by atoms with Crippen molar-refractivity contribution in [3.8, 4) is 0 Å². The molecule has 0 radical (unpaired) electrons. The molecule has 0 unspecified atom stereocenters. The summed E-state index contributed by atoms with van der Waals surface area (Å²) in [7, 11) is 0. The molecule has 148 valence electrons. The van der Waals surface area contributed by atoms with Gasteiger partial charge in [-0.25, -0.2) is 9.78 Å². The number of nitrogens with zero attached hydrogens (tertiary/aromatic N) is 2. The molecule has 1 aromatic carbocycles. The van der Waals surface area contributed by atoms with E-state index in [1.54, 1.807) is 18.3 Å². The van der Waals surface area contributed by atoms with Crippen LogP contribution < -0.4 is 4.90 Å². The molecule has 7 heteroatoms. The van der Waals surface area contributed by atoms with E-state index in [4.69, 9.17) is 4.74 Å². The first kappa shape index (κ1) is 17.9. The van der Waals surface area contributed by atoms with Crippen molar-refractivity contribution in [2.45, 2.75) is 19.3 Å². The zero-order chi connectivity index (χ0) is 20.3. The molecule has 7 nitrogen and oxygen atoms in total. The van der Waals surface area contributed by atoms with Gasteiger partial charge in [-0.15, -0.1) is 0 Å². The normalized spacial score (nSPS) is 17.9. The molecular weight excluding hydrogens is 370 g/mol. The molecule has 3 aromatic rings. The van der Waals surface area contributed by atoms with Crippen molar-refractivity contribution in [3.05, 3.63) is 58.4 Å². The molecule has 2 aromatic heterocycles. The third-order valence-electron chi connectivity index (χ3n) is 6.04. The molecule has 2 N–H and O–H groups in total. The predicted octanol–water partition coefficient (Wildman–Crippen LogP) is 2.97. The number of carbonyl (C=O) groups excluding carboxylic acids is 1. The highest BCUT2D eigenvalue weighted by Gasteiger charge is 2.40. The Morgan fingerprint density at radius 2 is 2.00 bits per heavy atom. The van der Waals surface area contributed by atoms with Crippen LogP contribution in [0.25, 0.3) is 10.9 Å². The van der Waals surface area contributed by atoms with Gasteiger partial charge >= 0.3 is 5.97 Å². The summed E-state index contributed by atoms with van der Waals surface area (Å²) < 4.78 is 5.43. The number of carbonyl (C=O) groups is 2. The van der Waals surface area contributed by atoms with Crippen LogP contribution in [0.4, 0.5) is 5.82 Å². The largest absolute Gasteiger partial charge is 0.478 e. The molecule has 5 rings (SSSR count). The number of aromatic amines is 1. The fourth-order valence-corrected chi connectivity index (χ4v) is 4.41. The smallest absolute Gasteiger partial charge is 0.335 e. The third kappa shape index (κ3) is 2.57. The first-order valence-electron chi connectivity index (χ1n) is 9.65. The number of anilines is 1. The number of aromatic carboxylic acids is 1. The van der Waals surface area contributed by atoms with Crippen molar-refractivity contribution in [1.82, 2.24) is 9.97 Å². The van der Waals surface area contributed by atoms with E-state index in [1.165, 1.54) is 6.07 Å². The Kier molecular flexibility index (Phi) is 3.79. The van der Waals surface area contributed by atoms with Gasteiger partial charge in [0.05, 0.1) is 24.3 Å². The number of carboxylic acid groups (broad SMARTS) is 1. The van der Waals surface area contributed by atoms with Crippen molar-refractivity contribution in [1.29, 1.82) is 0 Å². The van der Waals surface area contributed by atoms with Crippen LogP contribution in [0.2, 0.25) is 0 Å². The number of benzene rings is 1. The van der Waals surface area contributed by atoms with Crippen LogP contribution in [0.3, 0.4) is 0 Å². The van der Waals surface area contributed by atoms with Crippen LogP contribution in [-0.2, 0) is 10.2 Å². The van der Waals surface area contributed by atoms with Gasteiger partial charge in [0.25, 0.3) is 0 Å². The summed E-state index contributed by atoms with van der Waals surface area (Å²) in [6.45, 7) is 7.03. The summed E-state index contributed by atoms with van der Waals surface area (Å²) in [6, 6.07) is 6.84. The monoisotopic (exact) mass is 391 g/mol. The number of rotatable bonds is 2. The Morgan fingerprint density at radius 1 is 1.24 bits per heavy atom. The van der Waals surface area contributed by atoms with E-state index in [1.807, 2.05) is 6.07 Å². The van der Waals surface area contributed by atoms with Gasteiger partial charge in [-0.05, 0) is 23.8 Å². The number of ether oxygens (including phenoxy) is 1. The summed E-state index contributed by atoms with van der Waals surface area (Å²) in [6.07, 6.45) is 1.68. The number of hydrogen-bond acceptors (Lipinski definition) is 5.